The molecule has 0 saturated carbocycles. The molecule has 144 valence electrons. The molecule has 1 heterocycles. The highest BCUT2D eigenvalue weighted by Crippen LogP contribution is 2.27. The fourth-order valence-electron chi connectivity index (χ4n) is 2.63. The summed E-state index contributed by atoms with van der Waals surface area (Å²) >= 11 is 0. The summed E-state index contributed by atoms with van der Waals surface area (Å²) in [7, 11) is 0. The number of ether oxygens (including phenoxy) is 4. The zero-order valence-corrected chi connectivity index (χ0v) is 14.8. The van der Waals surface area contributed by atoms with Crippen LogP contribution >= 0.6 is 0 Å². The maximum atomic E-state index is 9.94. The van der Waals surface area contributed by atoms with Crippen molar-refractivity contribution in [2.24, 2.45) is 11.7 Å². The molecule has 1 fully saturated rings. The highest BCUT2D eigenvalue weighted by atomic mass is 16.7. The zero-order valence-electron chi connectivity index (χ0n) is 14.8. The minimum absolute atomic E-state index is 0.0554. The third-order valence-corrected chi connectivity index (χ3v) is 4.17. The standard InChI is InChI=1S/C16H33NO7/c1-10-7-15(24-14(9-19)16(10)20)22-11(2)13(8-18)23-12(3)21-6-4-5-17/h10-16,18-20H,4-9,17H2,1-3H3. The van der Waals surface area contributed by atoms with E-state index >= 15 is 0 Å². The molecule has 5 N–H and O–H groups in total. The van der Waals surface area contributed by atoms with Crippen LogP contribution in [0.1, 0.15) is 33.6 Å². The lowest BCUT2D eigenvalue weighted by molar-refractivity contribution is -0.278. The number of aliphatic hydroxyl groups excluding tert-OH is 3. The van der Waals surface area contributed by atoms with Gasteiger partial charge in [0.15, 0.2) is 12.6 Å². The highest BCUT2D eigenvalue weighted by Gasteiger charge is 2.37. The van der Waals surface area contributed by atoms with Crippen LogP contribution in [0.4, 0.5) is 0 Å². The Kier molecular flexibility index (Phi) is 10.3. The molecule has 1 rings (SSSR count). The van der Waals surface area contributed by atoms with Crippen molar-refractivity contribution in [3.63, 3.8) is 0 Å². The first-order valence-corrected chi connectivity index (χ1v) is 8.60. The van der Waals surface area contributed by atoms with E-state index in [1.54, 1.807) is 13.8 Å². The average molecular weight is 351 g/mol. The van der Waals surface area contributed by atoms with Gasteiger partial charge in [-0.3, -0.25) is 0 Å². The molecule has 8 nitrogen and oxygen atoms in total. The van der Waals surface area contributed by atoms with Crippen LogP contribution in [0.3, 0.4) is 0 Å². The molecule has 7 unspecified atom stereocenters. The van der Waals surface area contributed by atoms with Crippen LogP contribution in [0.15, 0.2) is 0 Å². The SMILES string of the molecule is CC(OCCCN)OC(CO)C(C)OC1CC(C)C(O)C(CO)O1. The van der Waals surface area contributed by atoms with Crippen molar-refractivity contribution in [2.75, 3.05) is 26.4 Å². The molecule has 0 spiro atoms. The van der Waals surface area contributed by atoms with E-state index in [-0.39, 0.29) is 19.1 Å². The Morgan fingerprint density at radius 3 is 2.58 bits per heavy atom. The van der Waals surface area contributed by atoms with Gasteiger partial charge in [-0.2, -0.15) is 0 Å². The molecule has 0 aromatic carbocycles. The monoisotopic (exact) mass is 351 g/mol. The molecule has 24 heavy (non-hydrogen) atoms. The lowest BCUT2D eigenvalue weighted by atomic mass is 9.93. The van der Waals surface area contributed by atoms with E-state index in [1.165, 1.54) is 0 Å². The first-order valence-electron chi connectivity index (χ1n) is 8.60. The number of nitrogens with two attached hydrogens (primary N) is 1. The smallest absolute Gasteiger partial charge is 0.159 e. The zero-order chi connectivity index (χ0) is 18.1. The van der Waals surface area contributed by atoms with Gasteiger partial charge < -0.3 is 40.0 Å². The lowest BCUT2D eigenvalue weighted by Gasteiger charge is -2.39. The number of aliphatic hydroxyl groups is 3. The molecule has 7 atom stereocenters. The van der Waals surface area contributed by atoms with E-state index in [1.807, 2.05) is 6.92 Å². The van der Waals surface area contributed by atoms with Gasteiger partial charge in [0, 0.05) is 6.42 Å². The summed E-state index contributed by atoms with van der Waals surface area (Å²) in [6, 6.07) is 0. The average Bonchev–Trinajstić information content (AvgIpc) is 2.55. The second-order valence-electron chi connectivity index (χ2n) is 6.27. The van der Waals surface area contributed by atoms with E-state index in [0.717, 1.165) is 6.42 Å². The van der Waals surface area contributed by atoms with Crippen LogP contribution in [0, 0.1) is 5.92 Å². The van der Waals surface area contributed by atoms with Gasteiger partial charge in [0.1, 0.15) is 12.2 Å². The molecule has 0 aliphatic carbocycles. The van der Waals surface area contributed by atoms with Crippen LogP contribution in [0.5, 0.6) is 0 Å². The molecule has 0 amide bonds. The van der Waals surface area contributed by atoms with Crippen molar-refractivity contribution in [1.29, 1.82) is 0 Å². The predicted molar refractivity (Wildman–Crippen MR) is 87.1 cm³/mol. The van der Waals surface area contributed by atoms with Crippen molar-refractivity contribution < 1.29 is 34.3 Å². The largest absolute Gasteiger partial charge is 0.394 e. The van der Waals surface area contributed by atoms with Gasteiger partial charge in [-0.15, -0.1) is 0 Å². The normalized spacial score (nSPS) is 31.6. The maximum Gasteiger partial charge on any atom is 0.159 e. The Balaban J connectivity index is 2.46. The van der Waals surface area contributed by atoms with Crippen molar-refractivity contribution in [1.82, 2.24) is 0 Å². The molecule has 8 heteroatoms. The molecule has 0 aromatic rings. The van der Waals surface area contributed by atoms with E-state index in [0.29, 0.717) is 19.6 Å². The van der Waals surface area contributed by atoms with E-state index in [2.05, 4.69) is 0 Å². The number of hydrogen-bond acceptors (Lipinski definition) is 8. The first-order chi connectivity index (χ1) is 11.4. The molecule has 0 radical (unpaired) electrons. The Morgan fingerprint density at radius 1 is 1.29 bits per heavy atom. The van der Waals surface area contributed by atoms with Gasteiger partial charge in [0.2, 0.25) is 0 Å². The van der Waals surface area contributed by atoms with Crippen LogP contribution in [0.2, 0.25) is 0 Å². The number of rotatable bonds is 11. The molecule has 0 bridgehead atoms. The minimum Gasteiger partial charge on any atom is -0.394 e. The summed E-state index contributed by atoms with van der Waals surface area (Å²) in [6.07, 6.45) is -2.22. The van der Waals surface area contributed by atoms with Gasteiger partial charge in [-0.05, 0) is 32.7 Å². The minimum atomic E-state index is -0.717. The molecule has 1 aliphatic heterocycles. The van der Waals surface area contributed by atoms with Gasteiger partial charge in [0.25, 0.3) is 0 Å². The molecular formula is C16H33NO7. The van der Waals surface area contributed by atoms with Crippen molar-refractivity contribution in [3.05, 3.63) is 0 Å². The van der Waals surface area contributed by atoms with Gasteiger partial charge in [-0.1, -0.05) is 6.92 Å². The fraction of sp³-hybridized carbons (Fsp3) is 1.00. The maximum absolute atomic E-state index is 9.94. The van der Waals surface area contributed by atoms with Gasteiger partial charge in [0.05, 0.1) is 32.0 Å². The number of hydrogen-bond donors (Lipinski definition) is 4. The Morgan fingerprint density at radius 2 is 2.00 bits per heavy atom. The van der Waals surface area contributed by atoms with Crippen LogP contribution in [-0.4, -0.2) is 78.7 Å². The van der Waals surface area contributed by atoms with Crippen LogP contribution < -0.4 is 5.73 Å². The van der Waals surface area contributed by atoms with Gasteiger partial charge in [-0.25, -0.2) is 0 Å². The summed E-state index contributed by atoms with van der Waals surface area (Å²) in [5.41, 5.74) is 5.41. The summed E-state index contributed by atoms with van der Waals surface area (Å²) in [5, 5.41) is 28.8. The van der Waals surface area contributed by atoms with Crippen molar-refractivity contribution in [2.45, 2.75) is 70.6 Å². The quantitative estimate of drug-likeness (QED) is 0.292. The molecule has 1 aliphatic rings. The summed E-state index contributed by atoms with van der Waals surface area (Å²) < 4.78 is 22.5. The summed E-state index contributed by atoms with van der Waals surface area (Å²) in [6.45, 7) is 5.95. The Labute approximate surface area is 143 Å². The fourth-order valence-corrected chi connectivity index (χ4v) is 2.63. The van der Waals surface area contributed by atoms with E-state index < -0.39 is 37.0 Å². The Hall–Kier alpha value is -0.320. The third kappa shape index (κ3) is 6.89. The topological polar surface area (TPSA) is 124 Å². The van der Waals surface area contributed by atoms with E-state index in [4.69, 9.17) is 24.7 Å². The molecule has 1 saturated heterocycles. The third-order valence-electron chi connectivity index (χ3n) is 4.17. The van der Waals surface area contributed by atoms with Crippen molar-refractivity contribution >= 4 is 0 Å². The van der Waals surface area contributed by atoms with Crippen LogP contribution in [0.25, 0.3) is 0 Å². The highest BCUT2D eigenvalue weighted by molar-refractivity contribution is 4.81. The first kappa shape index (κ1) is 21.7. The van der Waals surface area contributed by atoms with Gasteiger partial charge >= 0.3 is 0 Å². The Bertz CT molecular complexity index is 334. The van der Waals surface area contributed by atoms with Crippen molar-refractivity contribution in [3.8, 4) is 0 Å². The predicted octanol–water partition coefficient (Wildman–Crippen LogP) is -0.415. The molecule has 0 aromatic heterocycles. The summed E-state index contributed by atoms with van der Waals surface area (Å²) in [5.74, 6) is -0.0554. The van der Waals surface area contributed by atoms with E-state index in [9.17, 15) is 15.3 Å². The molecular weight excluding hydrogens is 318 g/mol. The second kappa shape index (κ2) is 11.3. The lowest BCUT2D eigenvalue weighted by Crippen LogP contribution is -2.49. The van der Waals surface area contributed by atoms with Crippen LogP contribution in [-0.2, 0) is 18.9 Å². The summed E-state index contributed by atoms with van der Waals surface area (Å²) in [4.78, 5) is 0. The second-order valence-corrected chi connectivity index (χ2v) is 6.27.